The summed E-state index contributed by atoms with van der Waals surface area (Å²) in [5.41, 5.74) is 4.84. The largest absolute Gasteiger partial charge is 0.356 e. The van der Waals surface area contributed by atoms with Crippen LogP contribution in [0.15, 0.2) is 16.4 Å². The van der Waals surface area contributed by atoms with Gasteiger partial charge in [-0.1, -0.05) is 0 Å². The molecule has 2 aromatic rings. The molecule has 1 aliphatic heterocycles. The lowest BCUT2D eigenvalue weighted by Crippen LogP contribution is -2.44. The van der Waals surface area contributed by atoms with Crippen molar-refractivity contribution >= 4 is 23.2 Å². The van der Waals surface area contributed by atoms with Crippen LogP contribution in [0.4, 0.5) is 0 Å². The van der Waals surface area contributed by atoms with Crippen LogP contribution in [-0.4, -0.2) is 52.7 Å². The number of nitrogens with zero attached hydrogens (tertiary/aromatic N) is 4. The maximum Gasteiger partial charge on any atom is 0.224 e. The molecule has 158 valence electrons. The van der Waals surface area contributed by atoms with E-state index in [1.807, 2.05) is 23.6 Å². The topological polar surface area (TPSA) is 74.6 Å². The lowest BCUT2D eigenvalue weighted by Gasteiger charge is -2.27. The highest BCUT2D eigenvalue weighted by Gasteiger charge is 2.21. The normalized spacial score (nSPS) is 15.2. The fourth-order valence-corrected chi connectivity index (χ4v) is 4.70. The molecule has 0 aromatic carbocycles. The van der Waals surface area contributed by atoms with E-state index in [1.54, 1.807) is 18.4 Å². The molecule has 0 spiro atoms. The molecule has 0 fully saturated rings. The number of nitrogens with one attached hydrogen (secondary N) is 2. The van der Waals surface area contributed by atoms with Gasteiger partial charge < -0.3 is 15.5 Å². The average Bonchev–Trinajstić information content (AvgIpc) is 3.26. The zero-order valence-corrected chi connectivity index (χ0v) is 18.9. The molecule has 1 unspecified atom stereocenters. The SMILES string of the molecule is CN=C(NCCC(=O)N1CCc2sccc2C1)NC(C)Cc1c(C)nn(C)c1C. The summed E-state index contributed by atoms with van der Waals surface area (Å²) in [4.78, 5) is 20.2. The van der Waals surface area contributed by atoms with Crippen LogP contribution < -0.4 is 10.6 Å². The van der Waals surface area contributed by atoms with Crippen molar-refractivity contribution in [2.45, 2.75) is 52.6 Å². The molecule has 3 rings (SSSR count). The number of hydrogen-bond acceptors (Lipinski definition) is 4. The Labute approximate surface area is 177 Å². The smallest absolute Gasteiger partial charge is 0.224 e. The Morgan fingerprint density at radius 1 is 1.41 bits per heavy atom. The van der Waals surface area contributed by atoms with Gasteiger partial charge in [0.2, 0.25) is 5.91 Å². The molecule has 0 radical (unpaired) electrons. The zero-order valence-electron chi connectivity index (χ0n) is 18.1. The summed E-state index contributed by atoms with van der Waals surface area (Å²) in [6.07, 6.45) is 2.32. The minimum absolute atomic E-state index is 0.194. The highest BCUT2D eigenvalue weighted by atomic mass is 32.1. The van der Waals surface area contributed by atoms with Crippen LogP contribution in [0.2, 0.25) is 0 Å². The highest BCUT2D eigenvalue weighted by molar-refractivity contribution is 7.10. The number of thiophene rings is 1. The molecule has 1 atom stereocenters. The minimum Gasteiger partial charge on any atom is -0.356 e. The predicted octanol–water partition coefficient (Wildman–Crippen LogP) is 2.17. The number of amides is 1. The molecule has 0 bridgehead atoms. The molecular formula is C21H32N6OS. The van der Waals surface area contributed by atoms with E-state index in [0.29, 0.717) is 13.0 Å². The summed E-state index contributed by atoms with van der Waals surface area (Å²) in [6.45, 7) is 8.42. The Morgan fingerprint density at radius 3 is 2.90 bits per heavy atom. The summed E-state index contributed by atoms with van der Waals surface area (Å²) < 4.78 is 1.93. The van der Waals surface area contributed by atoms with Crippen LogP contribution in [0.5, 0.6) is 0 Å². The molecule has 2 N–H and O–H groups in total. The standard InChI is InChI=1S/C21H32N6OS/c1-14(12-18-15(2)25-26(5)16(18)3)24-21(22-4)23-9-6-20(28)27-10-7-19-17(13-27)8-11-29-19/h8,11,14H,6-7,9-10,12-13H2,1-5H3,(H2,22,23,24). The summed E-state index contributed by atoms with van der Waals surface area (Å²) >= 11 is 1.79. The van der Waals surface area contributed by atoms with E-state index in [-0.39, 0.29) is 11.9 Å². The van der Waals surface area contributed by atoms with Crippen molar-refractivity contribution < 1.29 is 4.79 Å². The summed E-state index contributed by atoms with van der Waals surface area (Å²) in [5.74, 6) is 0.919. The monoisotopic (exact) mass is 416 g/mol. The van der Waals surface area contributed by atoms with Gasteiger partial charge >= 0.3 is 0 Å². The van der Waals surface area contributed by atoms with Gasteiger partial charge in [-0.25, -0.2) is 0 Å². The van der Waals surface area contributed by atoms with Gasteiger partial charge in [0.1, 0.15) is 0 Å². The van der Waals surface area contributed by atoms with Crippen molar-refractivity contribution in [3.63, 3.8) is 0 Å². The third-order valence-electron chi connectivity index (χ3n) is 5.57. The number of hydrogen-bond donors (Lipinski definition) is 2. The molecule has 8 heteroatoms. The van der Waals surface area contributed by atoms with Gasteiger partial charge in [-0.05, 0) is 56.2 Å². The van der Waals surface area contributed by atoms with E-state index in [4.69, 9.17) is 0 Å². The molecule has 2 aromatic heterocycles. The highest BCUT2D eigenvalue weighted by Crippen LogP contribution is 2.24. The van der Waals surface area contributed by atoms with Crippen LogP contribution in [0, 0.1) is 13.8 Å². The Morgan fingerprint density at radius 2 is 2.21 bits per heavy atom. The lowest BCUT2D eigenvalue weighted by atomic mass is 10.1. The molecule has 0 aliphatic carbocycles. The molecule has 3 heterocycles. The predicted molar refractivity (Wildman–Crippen MR) is 118 cm³/mol. The Bertz CT molecular complexity index is 884. The quantitative estimate of drug-likeness (QED) is 0.559. The van der Waals surface area contributed by atoms with Gasteiger partial charge in [-0.2, -0.15) is 5.10 Å². The third-order valence-corrected chi connectivity index (χ3v) is 6.59. The van der Waals surface area contributed by atoms with Gasteiger partial charge in [-0.3, -0.25) is 14.5 Å². The van der Waals surface area contributed by atoms with Gasteiger partial charge in [-0.15, -0.1) is 11.3 Å². The molecule has 1 aliphatic rings. The summed E-state index contributed by atoms with van der Waals surface area (Å²) in [6, 6.07) is 2.34. The number of carbonyl (C=O) groups is 1. The number of aliphatic imine (C=N–C) groups is 1. The van der Waals surface area contributed by atoms with Gasteiger partial charge in [0, 0.05) is 56.8 Å². The fourth-order valence-electron chi connectivity index (χ4n) is 3.81. The van der Waals surface area contributed by atoms with Gasteiger partial charge in [0.25, 0.3) is 0 Å². The van der Waals surface area contributed by atoms with Crippen molar-refractivity contribution in [2.24, 2.45) is 12.0 Å². The number of rotatable bonds is 6. The third kappa shape index (κ3) is 5.18. The van der Waals surface area contributed by atoms with Crippen LogP contribution in [0.3, 0.4) is 0 Å². The van der Waals surface area contributed by atoms with Crippen LogP contribution in [0.25, 0.3) is 0 Å². The molecular weight excluding hydrogens is 384 g/mol. The first-order chi connectivity index (χ1) is 13.9. The number of fused-ring (bicyclic) bond motifs is 1. The second-order valence-electron chi connectivity index (χ2n) is 7.71. The molecule has 1 amide bonds. The molecule has 0 saturated carbocycles. The second kappa shape index (κ2) is 9.43. The minimum atomic E-state index is 0.194. The van der Waals surface area contributed by atoms with Gasteiger partial charge in [0.05, 0.1) is 5.69 Å². The van der Waals surface area contributed by atoms with E-state index in [9.17, 15) is 4.79 Å². The van der Waals surface area contributed by atoms with Crippen molar-refractivity contribution in [1.29, 1.82) is 0 Å². The first-order valence-corrected chi connectivity index (χ1v) is 11.1. The fraction of sp³-hybridized carbons (Fsp3) is 0.571. The number of aryl methyl sites for hydroxylation is 2. The van der Waals surface area contributed by atoms with Gasteiger partial charge in [0.15, 0.2) is 5.96 Å². The Balaban J connectivity index is 1.44. The maximum atomic E-state index is 12.6. The summed E-state index contributed by atoms with van der Waals surface area (Å²) in [5, 5.41) is 13.3. The number of carbonyl (C=O) groups excluding carboxylic acids is 1. The van der Waals surface area contributed by atoms with E-state index < -0.39 is 0 Å². The lowest BCUT2D eigenvalue weighted by molar-refractivity contribution is -0.131. The first-order valence-electron chi connectivity index (χ1n) is 10.2. The summed E-state index contributed by atoms with van der Waals surface area (Å²) in [7, 11) is 3.73. The molecule has 0 saturated heterocycles. The van der Waals surface area contributed by atoms with Crippen LogP contribution >= 0.6 is 11.3 Å². The van der Waals surface area contributed by atoms with E-state index >= 15 is 0 Å². The second-order valence-corrected chi connectivity index (χ2v) is 8.71. The van der Waals surface area contributed by atoms with Crippen molar-refractivity contribution in [3.8, 4) is 0 Å². The first kappa shape index (κ1) is 21.4. The Hall–Kier alpha value is -2.35. The van der Waals surface area contributed by atoms with E-state index in [1.165, 1.54) is 21.7 Å². The number of aromatic nitrogens is 2. The van der Waals surface area contributed by atoms with Crippen molar-refractivity contribution in [2.75, 3.05) is 20.1 Å². The van der Waals surface area contributed by atoms with Crippen molar-refractivity contribution in [1.82, 2.24) is 25.3 Å². The number of guanidine groups is 1. The Kier molecular flexibility index (Phi) is 6.95. The maximum absolute atomic E-state index is 12.6. The van der Waals surface area contributed by atoms with Crippen molar-refractivity contribution in [3.05, 3.63) is 38.8 Å². The zero-order chi connectivity index (χ0) is 21.0. The van der Waals surface area contributed by atoms with Crippen LogP contribution in [-0.2, 0) is 31.2 Å². The molecule has 29 heavy (non-hydrogen) atoms. The van der Waals surface area contributed by atoms with E-state index in [0.717, 1.165) is 37.6 Å². The average molecular weight is 417 g/mol. The molecule has 7 nitrogen and oxygen atoms in total. The van der Waals surface area contributed by atoms with E-state index in [2.05, 4.69) is 46.0 Å². The van der Waals surface area contributed by atoms with Crippen LogP contribution in [0.1, 0.15) is 40.7 Å².